The van der Waals surface area contributed by atoms with Gasteiger partial charge in [0.25, 0.3) is 0 Å². The van der Waals surface area contributed by atoms with Gasteiger partial charge in [-0.05, 0) is 32.8 Å². The standard InChI is InChI=1S/C16H28FN3/c1-12(17)11-19-8-6-14(7-9-19)20-15(16(3,4)5)10-13(2)18-20/h10,12,14H,6-9,11H2,1-5H3. The minimum absolute atomic E-state index is 0.117. The molecule has 0 aromatic carbocycles. The fourth-order valence-electron chi connectivity index (χ4n) is 3.06. The molecule has 20 heavy (non-hydrogen) atoms. The summed E-state index contributed by atoms with van der Waals surface area (Å²) in [6.07, 6.45) is 1.40. The molecule has 1 aliphatic heterocycles. The minimum Gasteiger partial charge on any atom is -0.300 e. The Bertz CT molecular complexity index is 437. The third kappa shape index (κ3) is 3.60. The van der Waals surface area contributed by atoms with Gasteiger partial charge in [0.2, 0.25) is 0 Å². The third-order valence-electron chi connectivity index (χ3n) is 4.04. The van der Waals surface area contributed by atoms with Gasteiger partial charge in [-0.1, -0.05) is 20.8 Å². The number of halogens is 1. The van der Waals surface area contributed by atoms with E-state index < -0.39 is 6.17 Å². The molecule has 3 nitrogen and oxygen atoms in total. The molecule has 0 amide bonds. The molecule has 1 unspecified atom stereocenters. The van der Waals surface area contributed by atoms with Crippen LogP contribution < -0.4 is 0 Å². The first-order valence-corrected chi connectivity index (χ1v) is 7.70. The van der Waals surface area contributed by atoms with Crippen LogP contribution in [0.25, 0.3) is 0 Å². The number of hydrogen-bond donors (Lipinski definition) is 0. The smallest absolute Gasteiger partial charge is 0.110 e. The number of likely N-dealkylation sites (tertiary alicyclic amines) is 1. The predicted molar refractivity (Wildman–Crippen MR) is 80.9 cm³/mol. The number of nitrogens with zero attached hydrogens (tertiary/aromatic N) is 3. The SMILES string of the molecule is Cc1cc(C(C)(C)C)n(C2CCN(CC(C)F)CC2)n1. The summed E-state index contributed by atoms with van der Waals surface area (Å²) in [6, 6.07) is 2.67. The van der Waals surface area contributed by atoms with Crippen LogP contribution in [0.3, 0.4) is 0 Å². The van der Waals surface area contributed by atoms with Gasteiger partial charge >= 0.3 is 0 Å². The van der Waals surface area contributed by atoms with Crippen molar-refractivity contribution in [2.24, 2.45) is 0 Å². The molecular weight excluding hydrogens is 253 g/mol. The molecule has 114 valence electrons. The van der Waals surface area contributed by atoms with E-state index in [1.807, 2.05) is 0 Å². The van der Waals surface area contributed by atoms with Gasteiger partial charge in [-0.3, -0.25) is 4.68 Å². The summed E-state index contributed by atoms with van der Waals surface area (Å²) in [7, 11) is 0. The van der Waals surface area contributed by atoms with Gasteiger partial charge in [-0.25, -0.2) is 4.39 Å². The molecule has 1 saturated heterocycles. The van der Waals surface area contributed by atoms with E-state index in [4.69, 9.17) is 5.10 Å². The molecule has 1 aliphatic rings. The lowest BCUT2D eigenvalue weighted by Gasteiger charge is -2.34. The Morgan fingerprint density at radius 2 is 1.95 bits per heavy atom. The number of aromatic nitrogens is 2. The highest BCUT2D eigenvalue weighted by Gasteiger charge is 2.27. The van der Waals surface area contributed by atoms with Crippen LogP contribution in [0.15, 0.2) is 6.07 Å². The molecule has 0 radical (unpaired) electrons. The second-order valence-corrected chi connectivity index (χ2v) is 7.18. The van der Waals surface area contributed by atoms with Gasteiger partial charge in [-0.2, -0.15) is 5.10 Å². The fourth-order valence-corrected chi connectivity index (χ4v) is 3.06. The van der Waals surface area contributed by atoms with Crippen molar-refractivity contribution in [1.82, 2.24) is 14.7 Å². The van der Waals surface area contributed by atoms with E-state index in [2.05, 4.69) is 43.3 Å². The van der Waals surface area contributed by atoms with Crippen molar-refractivity contribution >= 4 is 0 Å². The molecule has 0 bridgehead atoms. The zero-order chi connectivity index (χ0) is 14.9. The van der Waals surface area contributed by atoms with Crippen LogP contribution in [0.1, 0.15) is 58.0 Å². The van der Waals surface area contributed by atoms with Crippen LogP contribution >= 0.6 is 0 Å². The molecule has 4 heteroatoms. The van der Waals surface area contributed by atoms with E-state index in [1.165, 1.54) is 5.69 Å². The van der Waals surface area contributed by atoms with E-state index in [0.717, 1.165) is 31.6 Å². The number of aryl methyl sites for hydroxylation is 1. The van der Waals surface area contributed by atoms with Crippen molar-refractivity contribution in [2.45, 2.75) is 65.1 Å². The van der Waals surface area contributed by atoms with Gasteiger partial charge < -0.3 is 4.90 Å². The predicted octanol–water partition coefficient (Wildman–Crippen LogP) is 3.48. The minimum atomic E-state index is -0.733. The summed E-state index contributed by atoms with van der Waals surface area (Å²) in [5.74, 6) is 0. The van der Waals surface area contributed by atoms with Crippen molar-refractivity contribution < 1.29 is 4.39 Å². The van der Waals surface area contributed by atoms with E-state index in [1.54, 1.807) is 6.92 Å². The molecule has 0 N–H and O–H groups in total. The van der Waals surface area contributed by atoms with Gasteiger partial charge in [-0.15, -0.1) is 0 Å². The van der Waals surface area contributed by atoms with Gasteiger partial charge in [0.15, 0.2) is 0 Å². The zero-order valence-corrected chi connectivity index (χ0v) is 13.5. The zero-order valence-electron chi connectivity index (χ0n) is 13.5. The molecule has 1 atom stereocenters. The maximum atomic E-state index is 13.1. The summed E-state index contributed by atoms with van der Waals surface area (Å²) in [4.78, 5) is 2.23. The maximum absolute atomic E-state index is 13.1. The topological polar surface area (TPSA) is 21.1 Å². The molecule has 0 saturated carbocycles. The second kappa shape index (κ2) is 5.84. The molecule has 1 aromatic rings. The van der Waals surface area contributed by atoms with Gasteiger partial charge in [0, 0.05) is 30.7 Å². The summed E-state index contributed by atoms with van der Waals surface area (Å²) in [5, 5.41) is 4.71. The van der Waals surface area contributed by atoms with Crippen LogP contribution in [-0.2, 0) is 5.41 Å². The average molecular weight is 281 g/mol. The van der Waals surface area contributed by atoms with Gasteiger partial charge in [0.05, 0.1) is 11.7 Å². The summed E-state index contributed by atoms with van der Waals surface area (Å²) >= 11 is 0. The largest absolute Gasteiger partial charge is 0.300 e. The Labute approximate surface area is 122 Å². The molecule has 0 aliphatic carbocycles. The number of alkyl halides is 1. The van der Waals surface area contributed by atoms with Crippen LogP contribution in [-0.4, -0.2) is 40.5 Å². The first-order valence-electron chi connectivity index (χ1n) is 7.70. The summed E-state index contributed by atoms with van der Waals surface area (Å²) < 4.78 is 15.3. The Hall–Kier alpha value is -0.900. The molecule has 2 heterocycles. The summed E-state index contributed by atoms with van der Waals surface area (Å²) in [5.41, 5.74) is 2.52. The van der Waals surface area contributed by atoms with Crippen molar-refractivity contribution in [3.05, 3.63) is 17.5 Å². The Morgan fingerprint density at radius 1 is 1.35 bits per heavy atom. The van der Waals surface area contributed by atoms with Gasteiger partial charge in [0.1, 0.15) is 6.17 Å². The Morgan fingerprint density at radius 3 is 2.45 bits per heavy atom. The second-order valence-electron chi connectivity index (χ2n) is 7.18. The van der Waals surface area contributed by atoms with E-state index in [0.29, 0.717) is 12.6 Å². The number of rotatable bonds is 3. The number of hydrogen-bond acceptors (Lipinski definition) is 2. The third-order valence-corrected chi connectivity index (χ3v) is 4.04. The lowest BCUT2D eigenvalue weighted by molar-refractivity contribution is 0.142. The van der Waals surface area contributed by atoms with Crippen molar-refractivity contribution in [2.75, 3.05) is 19.6 Å². The van der Waals surface area contributed by atoms with Crippen molar-refractivity contribution in [3.63, 3.8) is 0 Å². The van der Waals surface area contributed by atoms with Crippen LogP contribution in [0.5, 0.6) is 0 Å². The highest BCUT2D eigenvalue weighted by atomic mass is 19.1. The normalized spacial score (nSPS) is 20.3. The fraction of sp³-hybridized carbons (Fsp3) is 0.812. The first-order chi connectivity index (χ1) is 9.27. The monoisotopic (exact) mass is 281 g/mol. The van der Waals surface area contributed by atoms with E-state index in [9.17, 15) is 4.39 Å². The van der Waals surface area contributed by atoms with Crippen LogP contribution in [0, 0.1) is 6.92 Å². The maximum Gasteiger partial charge on any atom is 0.110 e. The highest BCUT2D eigenvalue weighted by molar-refractivity contribution is 5.18. The first kappa shape index (κ1) is 15.5. The van der Waals surface area contributed by atoms with Crippen LogP contribution in [0.2, 0.25) is 0 Å². The molecule has 1 fully saturated rings. The molecule has 2 rings (SSSR count). The Kier molecular flexibility index (Phi) is 4.52. The molecule has 0 spiro atoms. The highest BCUT2D eigenvalue weighted by Crippen LogP contribution is 2.30. The lowest BCUT2D eigenvalue weighted by Crippen LogP contribution is -2.38. The average Bonchev–Trinajstić information content (AvgIpc) is 2.71. The Balaban J connectivity index is 2.07. The summed E-state index contributed by atoms with van der Waals surface area (Å²) in [6.45, 7) is 12.9. The quantitative estimate of drug-likeness (QED) is 0.845. The van der Waals surface area contributed by atoms with Crippen molar-refractivity contribution in [3.8, 4) is 0 Å². The lowest BCUT2D eigenvalue weighted by atomic mass is 9.91. The van der Waals surface area contributed by atoms with Crippen molar-refractivity contribution in [1.29, 1.82) is 0 Å². The molecule has 1 aromatic heterocycles. The number of piperidine rings is 1. The van der Waals surface area contributed by atoms with E-state index in [-0.39, 0.29) is 5.41 Å². The molecular formula is C16H28FN3. The van der Waals surface area contributed by atoms with Crippen LogP contribution in [0.4, 0.5) is 4.39 Å². The van der Waals surface area contributed by atoms with E-state index >= 15 is 0 Å².